The van der Waals surface area contributed by atoms with Crippen molar-refractivity contribution < 1.29 is 23.5 Å². The molecule has 0 N–H and O–H groups in total. The molecule has 3 aromatic carbocycles. The normalized spacial score (nSPS) is 13.5. The zero-order valence-electron chi connectivity index (χ0n) is 21.1. The van der Waals surface area contributed by atoms with Crippen molar-refractivity contribution in [2.24, 2.45) is 0 Å². The molecule has 0 fully saturated rings. The van der Waals surface area contributed by atoms with E-state index in [4.69, 9.17) is 13.9 Å². The van der Waals surface area contributed by atoms with Crippen molar-refractivity contribution in [3.8, 4) is 0 Å². The Balaban J connectivity index is 1.79. The van der Waals surface area contributed by atoms with Crippen LogP contribution in [0.25, 0.3) is 0 Å². The lowest BCUT2D eigenvalue weighted by atomic mass is 10.2. The van der Waals surface area contributed by atoms with Crippen LogP contribution in [-0.2, 0) is 30.1 Å². The highest BCUT2D eigenvalue weighted by Gasteiger charge is 2.52. The Morgan fingerprint density at radius 1 is 0.714 bits per heavy atom. The zero-order chi connectivity index (χ0) is 25.5. The minimum Gasteiger partial charge on any atom is -0.458 e. The molecule has 0 heterocycles. The summed E-state index contributed by atoms with van der Waals surface area (Å²) in [5.74, 6) is -1.19. The summed E-state index contributed by atoms with van der Waals surface area (Å²) in [5.41, 5.74) is 0.864. The predicted molar refractivity (Wildman–Crippen MR) is 140 cm³/mol. The van der Waals surface area contributed by atoms with E-state index in [1.165, 1.54) is 6.92 Å². The first kappa shape index (κ1) is 26.4. The van der Waals surface area contributed by atoms with E-state index in [2.05, 4.69) is 45.0 Å². The Morgan fingerprint density at radius 3 is 1.63 bits per heavy atom. The molecule has 0 unspecified atom stereocenters. The van der Waals surface area contributed by atoms with Gasteiger partial charge in [0.1, 0.15) is 12.7 Å². The second-order valence-electron chi connectivity index (χ2n) is 9.60. The van der Waals surface area contributed by atoms with E-state index in [-0.39, 0.29) is 11.6 Å². The lowest BCUT2D eigenvalue weighted by Crippen LogP contribution is -2.68. The van der Waals surface area contributed by atoms with Gasteiger partial charge in [0.15, 0.2) is 6.10 Å². The molecule has 0 saturated heterocycles. The van der Waals surface area contributed by atoms with E-state index >= 15 is 0 Å². The number of carbonyl (C=O) groups is 2. The third-order valence-electron chi connectivity index (χ3n) is 5.95. The molecule has 2 atom stereocenters. The minimum absolute atomic E-state index is 0.121. The molecular weight excluding hydrogens is 456 g/mol. The summed E-state index contributed by atoms with van der Waals surface area (Å²) in [6.45, 7) is 9.74. The van der Waals surface area contributed by atoms with Crippen LogP contribution < -0.4 is 10.4 Å². The molecule has 3 aromatic rings. The molecule has 6 heteroatoms. The minimum atomic E-state index is -2.93. The van der Waals surface area contributed by atoms with Crippen LogP contribution in [-0.4, -0.2) is 32.5 Å². The second-order valence-corrected chi connectivity index (χ2v) is 13.8. The van der Waals surface area contributed by atoms with Crippen LogP contribution in [0.1, 0.15) is 40.2 Å². The molecule has 0 aliphatic rings. The summed E-state index contributed by atoms with van der Waals surface area (Å²) in [7, 11) is -2.93. The van der Waals surface area contributed by atoms with Gasteiger partial charge in [-0.2, -0.15) is 0 Å². The van der Waals surface area contributed by atoms with E-state index in [1.54, 1.807) is 6.92 Å². The number of carbonyl (C=O) groups excluding carboxylic acids is 2. The largest absolute Gasteiger partial charge is 0.458 e. The van der Waals surface area contributed by atoms with Crippen molar-refractivity contribution in [2.75, 3.05) is 0 Å². The summed E-state index contributed by atoms with van der Waals surface area (Å²) in [6.07, 6.45) is -1.93. The monoisotopic (exact) mass is 490 g/mol. The van der Waals surface area contributed by atoms with Crippen molar-refractivity contribution in [3.63, 3.8) is 0 Å². The maximum atomic E-state index is 13.1. The molecule has 0 aromatic heterocycles. The maximum Gasteiger partial charge on any atom is 0.347 e. The number of hydrogen-bond donors (Lipinski definition) is 0. The van der Waals surface area contributed by atoms with E-state index in [9.17, 15) is 9.59 Å². The number of rotatable bonds is 9. The van der Waals surface area contributed by atoms with Crippen molar-refractivity contribution >= 4 is 30.6 Å². The van der Waals surface area contributed by atoms with Crippen LogP contribution in [0, 0.1) is 0 Å². The summed E-state index contributed by atoms with van der Waals surface area (Å²) >= 11 is 0. The lowest BCUT2D eigenvalue weighted by molar-refractivity contribution is -0.171. The van der Waals surface area contributed by atoms with Crippen LogP contribution >= 0.6 is 0 Å². The van der Waals surface area contributed by atoms with Crippen LogP contribution in [0.5, 0.6) is 0 Å². The van der Waals surface area contributed by atoms with Gasteiger partial charge < -0.3 is 13.9 Å². The smallest absolute Gasteiger partial charge is 0.347 e. The molecule has 0 aliphatic carbocycles. The Morgan fingerprint density at radius 2 is 1.17 bits per heavy atom. The third kappa shape index (κ3) is 6.27. The van der Waals surface area contributed by atoms with Crippen molar-refractivity contribution in [1.29, 1.82) is 0 Å². The van der Waals surface area contributed by atoms with Gasteiger partial charge in [0.05, 0.1) is 0 Å². The number of esters is 2. The zero-order valence-corrected chi connectivity index (χ0v) is 22.1. The molecule has 35 heavy (non-hydrogen) atoms. The van der Waals surface area contributed by atoms with Gasteiger partial charge in [-0.25, -0.2) is 9.59 Å². The molecule has 184 valence electrons. The quantitative estimate of drug-likeness (QED) is 0.323. The molecule has 0 bridgehead atoms. The fraction of sp³-hybridized carbons (Fsp3) is 0.310. The fourth-order valence-electron chi connectivity index (χ4n) is 4.17. The maximum absolute atomic E-state index is 13.1. The van der Waals surface area contributed by atoms with Gasteiger partial charge >= 0.3 is 11.9 Å². The molecule has 0 saturated carbocycles. The standard InChI is InChI=1S/C29H34O5Si/c1-22(27(30)32-21-24-15-9-6-10-16-24)33-28(31)23(2)34-35(29(3,4)5,25-17-11-7-12-18-25)26-19-13-8-14-20-26/h6-20,22-23H,21H2,1-5H3/t22-,23+/m1/s1. The van der Waals surface area contributed by atoms with E-state index in [0.717, 1.165) is 15.9 Å². The molecule has 0 aliphatic heterocycles. The Bertz CT molecular complexity index is 1050. The molecule has 5 nitrogen and oxygen atoms in total. The highest BCUT2D eigenvalue weighted by Crippen LogP contribution is 2.37. The van der Waals surface area contributed by atoms with E-state index < -0.39 is 32.5 Å². The van der Waals surface area contributed by atoms with Gasteiger partial charge in [-0.15, -0.1) is 0 Å². The van der Waals surface area contributed by atoms with Gasteiger partial charge in [-0.1, -0.05) is 112 Å². The number of ether oxygens (including phenoxy) is 2. The Kier molecular flexibility index (Phi) is 8.65. The number of benzene rings is 3. The summed E-state index contributed by atoms with van der Waals surface area (Å²) in [6, 6.07) is 29.5. The summed E-state index contributed by atoms with van der Waals surface area (Å²) in [5, 5.41) is 1.84. The van der Waals surface area contributed by atoms with Crippen molar-refractivity contribution in [1.82, 2.24) is 0 Å². The SMILES string of the molecule is C[C@H](O[Si](c1ccccc1)(c1ccccc1)C(C)(C)C)C(=O)O[C@H](C)C(=O)OCc1ccccc1. The fourth-order valence-corrected chi connectivity index (χ4v) is 8.81. The van der Waals surface area contributed by atoms with Crippen LogP contribution in [0.15, 0.2) is 91.0 Å². The van der Waals surface area contributed by atoms with E-state index in [1.807, 2.05) is 66.7 Å². The van der Waals surface area contributed by atoms with Gasteiger partial charge in [0.2, 0.25) is 0 Å². The molecule has 0 radical (unpaired) electrons. The van der Waals surface area contributed by atoms with Crippen molar-refractivity contribution in [3.05, 3.63) is 96.6 Å². The van der Waals surface area contributed by atoms with Crippen LogP contribution in [0.4, 0.5) is 0 Å². The summed E-state index contributed by atoms with van der Waals surface area (Å²) < 4.78 is 17.6. The predicted octanol–water partition coefficient (Wildman–Crippen LogP) is 4.63. The lowest BCUT2D eigenvalue weighted by Gasteiger charge is -2.44. The molecule has 0 spiro atoms. The van der Waals surface area contributed by atoms with E-state index in [0.29, 0.717) is 0 Å². The van der Waals surface area contributed by atoms with Gasteiger partial charge in [0, 0.05) is 0 Å². The van der Waals surface area contributed by atoms with Gasteiger partial charge in [-0.3, -0.25) is 0 Å². The molecule has 0 amide bonds. The Hall–Kier alpha value is -3.22. The topological polar surface area (TPSA) is 61.8 Å². The summed E-state index contributed by atoms with van der Waals surface area (Å²) in [4.78, 5) is 25.5. The first-order chi connectivity index (χ1) is 16.6. The average molecular weight is 491 g/mol. The molecule has 3 rings (SSSR count). The average Bonchev–Trinajstić information content (AvgIpc) is 2.86. The first-order valence-electron chi connectivity index (χ1n) is 11.8. The highest BCUT2D eigenvalue weighted by atomic mass is 28.4. The van der Waals surface area contributed by atoms with Crippen LogP contribution in [0.3, 0.4) is 0 Å². The van der Waals surface area contributed by atoms with Crippen molar-refractivity contribution in [2.45, 2.75) is 58.5 Å². The molecular formula is C29H34O5Si. The number of hydrogen-bond acceptors (Lipinski definition) is 5. The highest BCUT2D eigenvalue weighted by molar-refractivity contribution is 6.99. The van der Waals surface area contributed by atoms with Gasteiger partial charge in [-0.05, 0) is 34.8 Å². The van der Waals surface area contributed by atoms with Gasteiger partial charge in [0.25, 0.3) is 8.32 Å². The second kappa shape index (κ2) is 11.5. The third-order valence-corrected chi connectivity index (χ3v) is 11.1. The van der Waals surface area contributed by atoms with Crippen LogP contribution in [0.2, 0.25) is 5.04 Å². The first-order valence-corrected chi connectivity index (χ1v) is 13.8. The Labute approximate surface area is 209 Å².